The lowest BCUT2D eigenvalue weighted by molar-refractivity contribution is 0.627. The molecule has 0 aliphatic heterocycles. The lowest BCUT2D eigenvalue weighted by Crippen LogP contribution is -2.08. The molecule has 0 fully saturated rings. The molecule has 0 saturated heterocycles. The molecule has 0 aliphatic carbocycles. The Morgan fingerprint density at radius 2 is 2.00 bits per heavy atom. The van der Waals surface area contributed by atoms with Crippen molar-refractivity contribution in [3.8, 4) is 17.9 Å². The Labute approximate surface area is 158 Å². The summed E-state index contributed by atoms with van der Waals surface area (Å²) in [6.45, 7) is 3.92. The van der Waals surface area contributed by atoms with Crippen molar-refractivity contribution in [2.24, 2.45) is 0 Å². The minimum atomic E-state index is -0.448. The Kier molecular flexibility index (Phi) is 6.55. The van der Waals surface area contributed by atoms with Gasteiger partial charge in [0.15, 0.2) is 0 Å². The third kappa shape index (κ3) is 5.48. The van der Waals surface area contributed by atoms with Crippen LogP contribution in [0, 0.1) is 29.0 Å². The van der Waals surface area contributed by atoms with Gasteiger partial charge in [-0.25, -0.2) is 9.37 Å². The molecule has 0 atom stereocenters. The first-order valence-electron chi connectivity index (χ1n) is 7.82. The molecule has 0 bridgehead atoms. The number of nitriles is 1. The molecule has 0 saturated carbocycles. The Morgan fingerprint density at radius 3 is 2.65 bits per heavy atom. The minimum absolute atomic E-state index is 0.275. The quantitative estimate of drug-likeness (QED) is 0.432. The summed E-state index contributed by atoms with van der Waals surface area (Å²) in [7, 11) is 1.78. The lowest BCUT2D eigenvalue weighted by atomic mass is 10.1. The molecule has 5 heteroatoms. The van der Waals surface area contributed by atoms with E-state index in [0.717, 1.165) is 16.7 Å². The van der Waals surface area contributed by atoms with E-state index in [1.54, 1.807) is 42.5 Å². The first-order valence-corrected chi connectivity index (χ1v) is 8.19. The molecule has 130 valence electrons. The number of aromatic nitrogens is 1. The predicted octanol–water partition coefficient (Wildman–Crippen LogP) is 5.08. The van der Waals surface area contributed by atoms with Gasteiger partial charge in [-0.05, 0) is 50.3 Å². The van der Waals surface area contributed by atoms with Crippen LogP contribution >= 0.6 is 11.6 Å². The van der Waals surface area contributed by atoms with Gasteiger partial charge in [-0.1, -0.05) is 29.0 Å². The van der Waals surface area contributed by atoms with E-state index in [0.29, 0.717) is 10.8 Å². The highest BCUT2D eigenvalue weighted by Gasteiger charge is 2.03. The summed E-state index contributed by atoms with van der Waals surface area (Å²) in [5.74, 6) is 5.71. The maximum atomic E-state index is 13.6. The summed E-state index contributed by atoms with van der Waals surface area (Å²) in [5, 5.41) is 9.36. The second-order valence-corrected chi connectivity index (χ2v) is 6.15. The molecule has 0 N–H and O–H groups in total. The Balaban J connectivity index is 2.25. The molecular weight excluding hydrogens is 349 g/mol. The Hall–Kier alpha value is -3.08. The topological polar surface area (TPSA) is 39.9 Å². The third-order valence-electron chi connectivity index (χ3n) is 3.49. The van der Waals surface area contributed by atoms with Crippen molar-refractivity contribution in [3.63, 3.8) is 0 Å². The number of hydrogen-bond donors (Lipinski definition) is 0. The minimum Gasteiger partial charge on any atom is -0.351 e. The van der Waals surface area contributed by atoms with Crippen LogP contribution in [0.1, 0.15) is 25.0 Å². The van der Waals surface area contributed by atoms with Crippen LogP contribution in [0.2, 0.25) is 5.15 Å². The average molecular weight is 366 g/mol. The molecular formula is C21H17ClFN3. The lowest BCUT2D eigenvalue weighted by Gasteiger charge is -2.14. The van der Waals surface area contributed by atoms with Gasteiger partial charge in [0.1, 0.15) is 11.0 Å². The number of allylic oxidation sites excluding steroid dienone is 3. The molecule has 3 nitrogen and oxygen atoms in total. The number of nitrogens with zero attached hydrogens (tertiary/aromatic N) is 3. The largest absolute Gasteiger partial charge is 0.351 e. The zero-order valence-corrected chi connectivity index (χ0v) is 15.5. The van der Waals surface area contributed by atoms with Gasteiger partial charge in [0.05, 0.1) is 11.6 Å². The number of halogens is 2. The number of benzene rings is 1. The van der Waals surface area contributed by atoms with Gasteiger partial charge in [0.2, 0.25) is 0 Å². The van der Waals surface area contributed by atoms with E-state index in [2.05, 4.69) is 16.8 Å². The second-order valence-electron chi connectivity index (χ2n) is 5.77. The van der Waals surface area contributed by atoms with E-state index in [-0.39, 0.29) is 5.56 Å². The van der Waals surface area contributed by atoms with Crippen LogP contribution in [0.25, 0.3) is 0 Å². The van der Waals surface area contributed by atoms with Crippen molar-refractivity contribution in [1.82, 2.24) is 4.98 Å². The molecule has 1 aromatic carbocycles. The summed E-state index contributed by atoms with van der Waals surface area (Å²) in [4.78, 5) is 5.66. The molecule has 0 aliphatic rings. The number of rotatable bonds is 3. The van der Waals surface area contributed by atoms with Gasteiger partial charge < -0.3 is 4.90 Å². The first-order chi connectivity index (χ1) is 12.4. The number of anilines is 1. The fourth-order valence-corrected chi connectivity index (χ4v) is 2.24. The van der Waals surface area contributed by atoms with Crippen LogP contribution in [-0.2, 0) is 0 Å². The smallest absolute Gasteiger partial charge is 0.130 e. The SMILES string of the molecule is CC(C)=C(C#Cc1ccnc(Cl)c1)/C=C\N(C)c1cc(F)cc(C#N)c1. The fourth-order valence-electron chi connectivity index (χ4n) is 2.07. The van der Waals surface area contributed by atoms with Gasteiger partial charge in [-0.15, -0.1) is 0 Å². The summed E-state index contributed by atoms with van der Waals surface area (Å²) >= 11 is 5.87. The van der Waals surface area contributed by atoms with Crippen molar-refractivity contribution in [2.75, 3.05) is 11.9 Å². The van der Waals surface area contributed by atoms with E-state index < -0.39 is 5.82 Å². The zero-order chi connectivity index (χ0) is 19.1. The molecule has 1 heterocycles. The predicted molar refractivity (Wildman–Crippen MR) is 103 cm³/mol. The monoisotopic (exact) mass is 365 g/mol. The van der Waals surface area contributed by atoms with E-state index in [4.69, 9.17) is 16.9 Å². The van der Waals surface area contributed by atoms with Crippen LogP contribution in [0.4, 0.5) is 10.1 Å². The summed E-state index contributed by atoms with van der Waals surface area (Å²) < 4.78 is 13.6. The summed E-state index contributed by atoms with van der Waals surface area (Å²) in [6.07, 6.45) is 5.24. The van der Waals surface area contributed by atoms with Gasteiger partial charge in [-0.3, -0.25) is 0 Å². The highest BCUT2D eigenvalue weighted by Crippen LogP contribution is 2.18. The Bertz CT molecular complexity index is 971. The van der Waals surface area contributed by atoms with Crippen LogP contribution in [0.15, 0.2) is 60.0 Å². The van der Waals surface area contributed by atoms with Crippen LogP contribution in [0.5, 0.6) is 0 Å². The standard InChI is InChI=1S/C21H17ClFN3/c1-15(2)18(5-4-16-6-8-25-21(22)12-16)7-9-26(3)20-11-17(14-24)10-19(23)13-20/h6-13H,1-3H3/b9-7-. The van der Waals surface area contributed by atoms with Gasteiger partial charge >= 0.3 is 0 Å². The normalized spacial score (nSPS) is 10.0. The molecule has 0 unspecified atom stereocenters. The van der Waals surface area contributed by atoms with E-state index in [1.807, 2.05) is 26.0 Å². The number of hydrogen-bond acceptors (Lipinski definition) is 3. The number of pyridine rings is 1. The highest BCUT2D eigenvalue weighted by atomic mass is 35.5. The zero-order valence-electron chi connectivity index (χ0n) is 14.7. The van der Waals surface area contributed by atoms with Crippen molar-refractivity contribution in [2.45, 2.75) is 13.8 Å². The fraction of sp³-hybridized carbons (Fsp3) is 0.143. The Morgan fingerprint density at radius 1 is 1.23 bits per heavy atom. The van der Waals surface area contributed by atoms with Crippen molar-refractivity contribution < 1.29 is 4.39 Å². The van der Waals surface area contributed by atoms with Crippen molar-refractivity contribution in [3.05, 3.63) is 82.0 Å². The van der Waals surface area contributed by atoms with Gasteiger partial charge in [-0.2, -0.15) is 5.26 Å². The molecule has 0 spiro atoms. The van der Waals surface area contributed by atoms with Gasteiger partial charge in [0, 0.05) is 36.3 Å². The van der Waals surface area contributed by atoms with Crippen molar-refractivity contribution in [1.29, 1.82) is 5.26 Å². The molecule has 26 heavy (non-hydrogen) atoms. The molecule has 1 aromatic heterocycles. The maximum absolute atomic E-state index is 13.6. The van der Waals surface area contributed by atoms with E-state index >= 15 is 0 Å². The molecule has 0 radical (unpaired) electrons. The van der Waals surface area contributed by atoms with Crippen LogP contribution in [-0.4, -0.2) is 12.0 Å². The van der Waals surface area contributed by atoms with Crippen molar-refractivity contribution >= 4 is 17.3 Å². The third-order valence-corrected chi connectivity index (χ3v) is 3.70. The molecule has 2 rings (SSSR count). The van der Waals surface area contributed by atoms with Gasteiger partial charge in [0.25, 0.3) is 0 Å². The molecule has 0 amide bonds. The molecule has 2 aromatic rings. The highest BCUT2D eigenvalue weighted by molar-refractivity contribution is 6.29. The average Bonchev–Trinajstić information content (AvgIpc) is 2.60. The van der Waals surface area contributed by atoms with E-state index in [1.165, 1.54) is 12.1 Å². The summed E-state index contributed by atoms with van der Waals surface area (Å²) in [6, 6.07) is 9.63. The van der Waals surface area contributed by atoms with E-state index in [9.17, 15) is 4.39 Å². The summed E-state index contributed by atoms with van der Waals surface area (Å²) in [5.41, 5.74) is 3.51. The maximum Gasteiger partial charge on any atom is 0.130 e. The second kappa shape index (κ2) is 8.85. The first kappa shape index (κ1) is 19.2. The van der Waals surface area contributed by atoms with Crippen LogP contribution < -0.4 is 4.90 Å². The van der Waals surface area contributed by atoms with Crippen LogP contribution in [0.3, 0.4) is 0 Å².